The maximum atomic E-state index is 13.4. The lowest BCUT2D eigenvalue weighted by Gasteiger charge is -2.29. The molecule has 0 amide bonds. The fourth-order valence-electron chi connectivity index (χ4n) is 4.92. The largest absolute Gasteiger partial charge is 0.478 e. The van der Waals surface area contributed by atoms with Gasteiger partial charge in [-0.3, -0.25) is 4.90 Å². The van der Waals surface area contributed by atoms with Crippen molar-refractivity contribution in [1.82, 2.24) is 9.88 Å². The summed E-state index contributed by atoms with van der Waals surface area (Å²) in [7, 11) is 0. The van der Waals surface area contributed by atoms with Crippen LogP contribution >= 0.6 is 0 Å². The summed E-state index contributed by atoms with van der Waals surface area (Å²) in [5.41, 5.74) is 4.45. The summed E-state index contributed by atoms with van der Waals surface area (Å²) in [5.74, 6) is -0.473. The molecule has 1 aromatic heterocycles. The van der Waals surface area contributed by atoms with E-state index in [1.165, 1.54) is 17.7 Å². The third kappa shape index (κ3) is 4.97. The summed E-state index contributed by atoms with van der Waals surface area (Å²) in [6, 6.07) is 17.0. The number of carboxylic acid groups (broad SMARTS) is 1. The Balaban J connectivity index is 1.56. The Morgan fingerprint density at radius 1 is 1.18 bits per heavy atom. The molecule has 0 spiro atoms. The monoisotopic (exact) mass is 461 g/mol. The lowest BCUT2D eigenvalue weighted by Crippen LogP contribution is -2.37. The predicted octanol–water partition coefficient (Wildman–Crippen LogP) is 5.81. The van der Waals surface area contributed by atoms with Crippen LogP contribution in [0.3, 0.4) is 0 Å². The van der Waals surface area contributed by atoms with Gasteiger partial charge in [-0.2, -0.15) is 0 Å². The zero-order valence-electron chi connectivity index (χ0n) is 20.0. The Bertz CT molecular complexity index is 1150. The van der Waals surface area contributed by atoms with E-state index >= 15 is 0 Å². The predicted molar refractivity (Wildman–Crippen MR) is 134 cm³/mol. The van der Waals surface area contributed by atoms with Gasteiger partial charge in [0.25, 0.3) is 0 Å². The molecule has 5 nitrogen and oxygen atoms in total. The average molecular weight is 462 g/mol. The molecule has 178 valence electrons. The highest BCUT2D eigenvalue weighted by Crippen LogP contribution is 2.31. The second-order valence-electron chi connectivity index (χ2n) is 9.17. The molecular formula is C28H32FN3O2. The smallest absolute Gasteiger partial charge is 0.339 e. The van der Waals surface area contributed by atoms with E-state index in [0.29, 0.717) is 11.4 Å². The number of nitrogens with zero attached hydrogens (tertiary/aromatic N) is 3. The number of anilines is 1. The maximum Gasteiger partial charge on any atom is 0.339 e. The fraction of sp³-hybridized carbons (Fsp3) is 0.357. The quantitative estimate of drug-likeness (QED) is 0.459. The van der Waals surface area contributed by atoms with Gasteiger partial charge in [-0.1, -0.05) is 57.2 Å². The SMILES string of the molecule is CCN(Cc1ccccc1-c1ccc(F)cc1)[C@@H]1CCN(c2nccc(C(C)C)c2C(=O)O)C1. The molecule has 1 saturated heterocycles. The first-order valence-electron chi connectivity index (χ1n) is 11.9. The topological polar surface area (TPSA) is 56.7 Å². The van der Waals surface area contributed by atoms with Gasteiger partial charge in [-0.05, 0) is 59.3 Å². The first-order chi connectivity index (χ1) is 16.4. The van der Waals surface area contributed by atoms with E-state index < -0.39 is 5.97 Å². The van der Waals surface area contributed by atoms with Crippen molar-refractivity contribution in [2.45, 2.75) is 45.7 Å². The van der Waals surface area contributed by atoms with Crippen LogP contribution in [0.4, 0.5) is 10.2 Å². The first kappa shape index (κ1) is 23.9. The number of halogens is 1. The molecular weight excluding hydrogens is 429 g/mol. The van der Waals surface area contributed by atoms with Gasteiger partial charge >= 0.3 is 5.97 Å². The second kappa shape index (κ2) is 10.3. The van der Waals surface area contributed by atoms with Crippen molar-refractivity contribution in [3.05, 3.63) is 83.3 Å². The molecule has 0 bridgehead atoms. The van der Waals surface area contributed by atoms with E-state index in [2.05, 4.69) is 33.8 Å². The van der Waals surface area contributed by atoms with E-state index in [4.69, 9.17) is 0 Å². The molecule has 6 heteroatoms. The number of pyridine rings is 1. The zero-order valence-corrected chi connectivity index (χ0v) is 20.0. The van der Waals surface area contributed by atoms with E-state index in [9.17, 15) is 14.3 Å². The summed E-state index contributed by atoms with van der Waals surface area (Å²) in [4.78, 5) is 21.2. The van der Waals surface area contributed by atoms with Crippen LogP contribution in [0.5, 0.6) is 0 Å². The number of likely N-dealkylation sites (N-methyl/N-ethyl adjacent to an activating group) is 1. The molecule has 1 atom stereocenters. The van der Waals surface area contributed by atoms with Crippen LogP contribution in [0.15, 0.2) is 60.8 Å². The third-order valence-electron chi connectivity index (χ3n) is 6.73. The number of carboxylic acids is 1. The summed E-state index contributed by atoms with van der Waals surface area (Å²) in [5, 5.41) is 9.93. The van der Waals surface area contributed by atoms with Crippen LogP contribution in [0, 0.1) is 5.82 Å². The van der Waals surface area contributed by atoms with Crippen molar-refractivity contribution in [3.8, 4) is 11.1 Å². The van der Waals surface area contributed by atoms with Crippen LogP contribution in [-0.2, 0) is 6.54 Å². The Labute approximate surface area is 200 Å². The summed E-state index contributed by atoms with van der Waals surface area (Å²) in [6.45, 7) is 9.33. The first-order valence-corrected chi connectivity index (χ1v) is 11.9. The molecule has 1 fully saturated rings. The molecule has 0 radical (unpaired) electrons. The fourth-order valence-corrected chi connectivity index (χ4v) is 4.92. The van der Waals surface area contributed by atoms with Crippen LogP contribution in [0.25, 0.3) is 11.1 Å². The molecule has 0 saturated carbocycles. The number of aromatic nitrogens is 1. The Kier molecular flexibility index (Phi) is 7.27. The Morgan fingerprint density at radius 3 is 2.59 bits per heavy atom. The van der Waals surface area contributed by atoms with Crippen LogP contribution in [0.2, 0.25) is 0 Å². The lowest BCUT2D eigenvalue weighted by molar-refractivity contribution is 0.0695. The second-order valence-corrected chi connectivity index (χ2v) is 9.17. The summed E-state index contributed by atoms with van der Waals surface area (Å²) >= 11 is 0. The average Bonchev–Trinajstić information content (AvgIpc) is 3.32. The van der Waals surface area contributed by atoms with Gasteiger partial charge < -0.3 is 10.0 Å². The van der Waals surface area contributed by atoms with Crippen molar-refractivity contribution in [2.75, 3.05) is 24.5 Å². The van der Waals surface area contributed by atoms with Crippen LogP contribution in [-0.4, -0.2) is 46.6 Å². The van der Waals surface area contributed by atoms with E-state index in [-0.39, 0.29) is 17.8 Å². The standard InChI is InChI=1S/C28H32FN3O2/c1-4-31(17-21-7-5-6-8-25(21)20-9-11-22(29)12-10-20)23-14-16-32(18-23)27-26(28(33)34)24(19(2)3)13-15-30-27/h5-13,15,19,23H,4,14,16-18H2,1-3H3,(H,33,34)/t23-/m1/s1. The highest BCUT2D eigenvalue weighted by molar-refractivity contribution is 5.95. The van der Waals surface area contributed by atoms with Gasteiger partial charge in [0.1, 0.15) is 17.2 Å². The number of rotatable bonds is 8. The van der Waals surface area contributed by atoms with Crippen molar-refractivity contribution in [1.29, 1.82) is 0 Å². The van der Waals surface area contributed by atoms with Gasteiger partial charge in [0.2, 0.25) is 0 Å². The van der Waals surface area contributed by atoms with Crippen molar-refractivity contribution in [3.63, 3.8) is 0 Å². The van der Waals surface area contributed by atoms with Crippen molar-refractivity contribution < 1.29 is 14.3 Å². The maximum absolute atomic E-state index is 13.4. The van der Waals surface area contributed by atoms with Gasteiger partial charge in [0.15, 0.2) is 0 Å². The van der Waals surface area contributed by atoms with E-state index in [1.807, 2.05) is 44.2 Å². The van der Waals surface area contributed by atoms with Crippen molar-refractivity contribution >= 4 is 11.8 Å². The molecule has 3 aromatic rings. The molecule has 0 aliphatic carbocycles. The number of hydrogen-bond acceptors (Lipinski definition) is 4. The highest BCUT2D eigenvalue weighted by Gasteiger charge is 2.31. The molecule has 1 N–H and O–H groups in total. The summed E-state index contributed by atoms with van der Waals surface area (Å²) in [6.07, 6.45) is 2.67. The van der Waals surface area contributed by atoms with Gasteiger partial charge in [-0.15, -0.1) is 0 Å². The van der Waals surface area contributed by atoms with Gasteiger partial charge in [0, 0.05) is 31.9 Å². The zero-order chi connectivity index (χ0) is 24.2. The third-order valence-corrected chi connectivity index (χ3v) is 6.73. The molecule has 1 aliphatic heterocycles. The molecule has 0 unspecified atom stereocenters. The number of benzene rings is 2. The summed E-state index contributed by atoms with van der Waals surface area (Å²) < 4.78 is 13.4. The highest BCUT2D eigenvalue weighted by atomic mass is 19.1. The van der Waals surface area contributed by atoms with E-state index in [1.54, 1.807) is 6.20 Å². The van der Waals surface area contributed by atoms with Gasteiger partial charge in [-0.25, -0.2) is 14.2 Å². The molecule has 2 heterocycles. The normalized spacial score (nSPS) is 15.9. The Morgan fingerprint density at radius 2 is 1.91 bits per heavy atom. The lowest BCUT2D eigenvalue weighted by atomic mass is 9.98. The van der Waals surface area contributed by atoms with Crippen LogP contribution < -0.4 is 4.90 Å². The number of carbonyl (C=O) groups is 1. The molecule has 4 rings (SSSR count). The van der Waals surface area contributed by atoms with Gasteiger partial charge in [0.05, 0.1) is 0 Å². The number of aromatic carboxylic acids is 1. The molecule has 34 heavy (non-hydrogen) atoms. The molecule has 2 aromatic carbocycles. The van der Waals surface area contributed by atoms with Crippen molar-refractivity contribution in [2.24, 2.45) is 0 Å². The number of hydrogen-bond donors (Lipinski definition) is 1. The Hall–Kier alpha value is -3.25. The van der Waals surface area contributed by atoms with Crippen LogP contribution in [0.1, 0.15) is 54.6 Å². The van der Waals surface area contributed by atoms with E-state index in [0.717, 1.165) is 49.3 Å². The minimum Gasteiger partial charge on any atom is -0.478 e. The molecule has 1 aliphatic rings. The minimum atomic E-state index is -0.921. The minimum absolute atomic E-state index is 0.112.